The molecule has 0 fully saturated rings. The van der Waals surface area contributed by atoms with Gasteiger partial charge in [0.05, 0.1) is 12.3 Å². The van der Waals surface area contributed by atoms with Gasteiger partial charge in [-0.15, -0.1) is 0 Å². The van der Waals surface area contributed by atoms with Gasteiger partial charge in [-0.2, -0.15) is 0 Å². The average molecular weight is 199 g/mol. The fourth-order valence-electron chi connectivity index (χ4n) is 1.57. The first-order valence-corrected chi connectivity index (χ1v) is 4.93. The van der Waals surface area contributed by atoms with Gasteiger partial charge in [-0.05, 0) is 24.1 Å². The van der Waals surface area contributed by atoms with Crippen LogP contribution in [-0.2, 0) is 6.61 Å². The smallest absolute Gasteiger partial charge is 0.0852 e. The number of benzene rings is 1. The molecule has 76 valence electrons. The Kier molecular flexibility index (Phi) is 2.79. The van der Waals surface area contributed by atoms with E-state index >= 15 is 0 Å². The average Bonchev–Trinajstić information content (AvgIpc) is 2.30. The number of nitrogens with zero attached hydrogens (tertiary/aromatic N) is 1. The Bertz CT molecular complexity index is 448. The monoisotopic (exact) mass is 199 g/mol. The largest absolute Gasteiger partial charge is 0.390 e. The van der Waals surface area contributed by atoms with E-state index in [9.17, 15) is 0 Å². The van der Waals surface area contributed by atoms with Crippen LogP contribution in [0, 0.1) is 6.92 Å². The van der Waals surface area contributed by atoms with Crippen LogP contribution >= 0.6 is 0 Å². The third-order valence-electron chi connectivity index (χ3n) is 2.44. The molecular weight excluding hydrogens is 186 g/mol. The summed E-state index contributed by atoms with van der Waals surface area (Å²) >= 11 is 0. The van der Waals surface area contributed by atoms with Crippen molar-refractivity contribution in [2.75, 3.05) is 0 Å². The summed E-state index contributed by atoms with van der Waals surface area (Å²) in [6, 6.07) is 12.0. The highest BCUT2D eigenvalue weighted by molar-refractivity contribution is 5.66. The number of aliphatic hydroxyl groups excluding tert-OH is 1. The van der Waals surface area contributed by atoms with Crippen molar-refractivity contribution in [1.29, 1.82) is 0 Å². The molecule has 0 atom stereocenters. The number of hydrogen-bond acceptors (Lipinski definition) is 2. The predicted octanol–water partition coefficient (Wildman–Crippen LogP) is 2.55. The highest BCUT2D eigenvalue weighted by atomic mass is 16.3. The molecule has 2 aromatic rings. The Balaban J connectivity index is 2.42. The van der Waals surface area contributed by atoms with E-state index in [1.54, 1.807) is 6.20 Å². The van der Waals surface area contributed by atoms with Gasteiger partial charge in [0.25, 0.3) is 0 Å². The SMILES string of the molecule is Cc1ccccc1-c1ccc(CO)nc1. The molecule has 0 unspecified atom stereocenters. The second-order valence-corrected chi connectivity index (χ2v) is 3.51. The number of aliphatic hydroxyl groups is 1. The van der Waals surface area contributed by atoms with Crippen LogP contribution in [0.25, 0.3) is 11.1 Å². The summed E-state index contributed by atoms with van der Waals surface area (Å²) in [5, 5.41) is 8.89. The fraction of sp³-hybridized carbons (Fsp3) is 0.154. The molecule has 0 bridgehead atoms. The van der Waals surface area contributed by atoms with E-state index in [0.717, 1.165) is 5.56 Å². The lowest BCUT2D eigenvalue weighted by Gasteiger charge is -2.05. The minimum absolute atomic E-state index is 0.00590. The van der Waals surface area contributed by atoms with Crippen molar-refractivity contribution in [1.82, 2.24) is 4.98 Å². The molecule has 2 rings (SSSR count). The summed E-state index contributed by atoms with van der Waals surface area (Å²) in [7, 11) is 0. The lowest BCUT2D eigenvalue weighted by atomic mass is 10.0. The summed E-state index contributed by atoms with van der Waals surface area (Å²) in [4.78, 5) is 4.16. The first kappa shape index (κ1) is 9.87. The van der Waals surface area contributed by atoms with Crippen molar-refractivity contribution in [3.63, 3.8) is 0 Å². The highest BCUT2D eigenvalue weighted by Gasteiger charge is 2.00. The molecule has 1 aromatic heterocycles. The molecule has 1 heterocycles. The molecule has 0 saturated heterocycles. The second kappa shape index (κ2) is 4.24. The fourth-order valence-corrected chi connectivity index (χ4v) is 1.57. The van der Waals surface area contributed by atoms with Crippen LogP contribution in [0.3, 0.4) is 0 Å². The summed E-state index contributed by atoms with van der Waals surface area (Å²) in [6.07, 6.45) is 1.80. The zero-order valence-corrected chi connectivity index (χ0v) is 8.64. The number of hydrogen-bond donors (Lipinski definition) is 1. The van der Waals surface area contributed by atoms with Gasteiger partial charge < -0.3 is 5.11 Å². The number of rotatable bonds is 2. The first-order chi connectivity index (χ1) is 7.31. The van der Waals surface area contributed by atoms with Gasteiger partial charge in [-0.25, -0.2) is 0 Å². The summed E-state index contributed by atoms with van der Waals surface area (Å²) in [6.45, 7) is 2.07. The lowest BCUT2D eigenvalue weighted by Crippen LogP contribution is -1.89. The van der Waals surface area contributed by atoms with Crippen molar-refractivity contribution >= 4 is 0 Å². The molecule has 1 aromatic carbocycles. The Hall–Kier alpha value is -1.67. The predicted molar refractivity (Wildman–Crippen MR) is 60.3 cm³/mol. The van der Waals surface area contributed by atoms with Crippen LogP contribution in [0.4, 0.5) is 0 Å². The molecule has 0 aliphatic heterocycles. The van der Waals surface area contributed by atoms with Crippen molar-refractivity contribution in [3.05, 3.63) is 53.9 Å². The van der Waals surface area contributed by atoms with E-state index in [1.807, 2.05) is 24.3 Å². The molecule has 0 aliphatic carbocycles. The van der Waals surface area contributed by atoms with E-state index in [1.165, 1.54) is 11.1 Å². The zero-order valence-electron chi connectivity index (χ0n) is 8.64. The maximum atomic E-state index is 8.89. The molecule has 0 aliphatic rings. The second-order valence-electron chi connectivity index (χ2n) is 3.51. The number of aromatic nitrogens is 1. The molecular formula is C13H13NO. The Morgan fingerprint density at radius 1 is 1.13 bits per heavy atom. The Labute approximate surface area is 89.2 Å². The van der Waals surface area contributed by atoms with Crippen LogP contribution in [0.15, 0.2) is 42.6 Å². The molecule has 2 nitrogen and oxygen atoms in total. The number of pyridine rings is 1. The summed E-state index contributed by atoms with van der Waals surface area (Å²) in [5.41, 5.74) is 4.21. The van der Waals surface area contributed by atoms with Gasteiger partial charge in [0.15, 0.2) is 0 Å². The van der Waals surface area contributed by atoms with Crippen molar-refractivity contribution in [3.8, 4) is 11.1 Å². The van der Waals surface area contributed by atoms with E-state index in [4.69, 9.17) is 5.11 Å². The topological polar surface area (TPSA) is 33.1 Å². The van der Waals surface area contributed by atoms with Gasteiger partial charge in [0, 0.05) is 11.8 Å². The zero-order chi connectivity index (χ0) is 10.7. The van der Waals surface area contributed by atoms with E-state index < -0.39 is 0 Å². The van der Waals surface area contributed by atoms with Crippen molar-refractivity contribution in [2.24, 2.45) is 0 Å². The van der Waals surface area contributed by atoms with Gasteiger partial charge in [-0.1, -0.05) is 30.3 Å². The van der Waals surface area contributed by atoms with E-state index in [2.05, 4.69) is 24.0 Å². The third kappa shape index (κ3) is 2.05. The molecule has 0 amide bonds. The summed E-state index contributed by atoms with van der Waals surface area (Å²) in [5.74, 6) is 0. The molecule has 15 heavy (non-hydrogen) atoms. The van der Waals surface area contributed by atoms with Gasteiger partial charge in [0.1, 0.15) is 0 Å². The van der Waals surface area contributed by atoms with Gasteiger partial charge in [0.2, 0.25) is 0 Å². The normalized spacial score (nSPS) is 10.3. The van der Waals surface area contributed by atoms with Gasteiger partial charge in [-0.3, -0.25) is 4.98 Å². The van der Waals surface area contributed by atoms with Crippen LogP contribution in [0.1, 0.15) is 11.3 Å². The van der Waals surface area contributed by atoms with Crippen molar-refractivity contribution in [2.45, 2.75) is 13.5 Å². The lowest BCUT2D eigenvalue weighted by molar-refractivity contribution is 0.277. The highest BCUT2D eigenvalue weighted by Crippen LogP contribution is 2.21. The van der Waals surface area contributed by atoms with Gasteiger partial charge >= 0.3 is 0 Å². The van der Waals surface area contributed by atoms with Crippen LogP contribution in [0.5, 0.6) is 0 Å². The van der Waals surface area contributed by atoms with E-state index in [-0.39, 0.29) is 6.61 Å². The molecule has 0 radical (unpaired) electrons. The standard InChI is InChI=1S/C13H13NO/c1-10-4-2-3-5-13(10)11-6-7-12(9-15)14-8-11/h2-8,15H,9H2,1H3. The number of aryl methyl sites for hydroxylation is 1. The quantitative estimate of drug-likeness (QED) is 0.806. The summed E-state index contributed by atoms with van der Waals surface area (Å²) < 4.78 is 0. The Morgan fingerprint density at radius 3 is 2.53 bits per heavy atom. The Morgan fingerprint density at radius 2 is 1.93 bits per heavy atom. The molecule has 1 N–H and O–H groups in total. The minimum atomic E-state index is -0.00590. The molecule has 2 heteroatoms. The van der Waals surface area contributed by atoms with Crippen LogP contribution in [0.2, 0.25) is 0 Å². The van der Waals surface area contributed by atoms with Crippen molar-refractivity contribution < 1.29 is 5.11 Å². The maximum Gasteiger partial charge on any atom is 0.0852 e. The maximum absolute atomic E-state index is 8.89. The molecule has 0 saturated carbocycles. The van der Waals surface area contributed by atoms with E-state index in [0.29, 0.717) is 5.69 Å². The third-order valence-corrected chi connectivity index (χ3v) is 2.44. The van der Waals surface area contributed by atoms with Crippen LogP contribution in [-0.4, -0.2) is 10.1 Å². The first-order valence-electron chi connectivity index (χ1n) is 4.93. The minimum Gasteiger partial charge on any atom is -0.390 e. The van der Waals surface area contributed by atoms with Crippen LogP contribution < -0.4 is 0 Å². The molecule has 0 spiro atoms.